The Hall–Kier alpha value is -2.60. The number of nitrogens with zero attached hydrogens (tertiary/aromatic N) is 2. The van der Waals surface area contributed by atoms with Crippen LogP contribution in [-0.2, 0) is 11.3 Å². The SMILES string of the molecule is Cc1ccc(C(C)C)c(OCC(=O)Nc2ccnn2Cc2cccs2)c1. The predicted molar refractivity (Wildman–Crippen MR) is 105 cm³/mol. The Morgan fingerprint density at radius 3 is 2.88 bits per heavy atom. The highest BCUT2D eigenvalue weighted by Gasteiger charge is 2.12. The summed E-state index contributed by atoms with van der Waals surface area (Å²) in [5, 5.41) is 9.18. The minimum Gasteiger partial charge on any atom is -0.483 e. The Morgan fingerprint density at radius 1 is 1.31 bits per heavy atom. The number of benzene rings is 1. The summed E-state index contributed by atoms with van der Waals surface area (Å²) in [5.41, 5.74) is 2.21. The quantitative estimate of drug-likeness (QED) is 0.670. The molecule has 0 radical (unpaired) electrons. The van der Waals surface area contributed by atoms with Crippen molar-refractivity contribution in [2.24, 2.45) is 0 Å². The number of rotatable bonds is 7. The number of aromatic nitrogens is 2. The largest absolute Gasteiger partial charge is 0.483 e. The van der Waals surface area contributed by atoms with E-state index in [1.807, 2.05) is 30.5 Å². The van der Waals surface area contributed by atoms with Crippen LogP contribution in [0, 0.1) is 6.92 Å². The topological polar surface area (TPSA) is 56.1 Å². The summed E-state index contributed by atoms with van der Waals surface area (Å²) in [5.74, 6) is 1.57. The lowest BCUT2D eigenvalue weighted by Gasteiger charge is -2.15. The van der Waals surface area contributed by atoms with E-state index in [0.29, 0.717) is 18.3 Å². The molecular formula is C20H23N3O2S. The molecule has 26 heavy (non-hydrogen) atoms. The Bertz CT molecular complexity index is 869. The van der Waals surface area contributed by atoms with Crippen LogP contribution in [0.5, 0.6) is 5.75 Å². The number of carbonyl (C=O) groups is 1. The number of carbonyl (C=O) groups excluding carboxylic acids is 1. The first-order valence-corrected chi connectivity index (χ1v) is 9.48. The van der Waals surface area contributed by atoms with Gasteiger partial charge < -0.3 is 10.1 Å². The molecule has 1 N–H and O–H groups in total. The molecule has 1 aromatic carbocycles. The molecule has 0 aliphatic heterocycles. The van der Waals surface area contributed by atoms with Gasteiger partial charge in [0.05, 0.1) is 12.7 Å². The van der Waals surface area contributed by atoms with Crippen LogP contribution in [-0.4, -0.2) is 22.3 Å². The number of hydrogen-bond acceptors (Lipinski definition) is 4. The number of thiophene rings is 1. The van der Waals surface area contributed by atoms with Crippen molar-refractivity contribution in [1.82, 2.24) is 9.78 Å². The third kappa shape index (κ3) is 4.52. The van der Waals surface area contributed by atoms with Crippen LogP contribution in [0.25, 0.3) is 0 Å². The molecule has 0 atom stereocenters. The molecule has 0 fully saturated rings. The Kier molecular flexibility index (Phi) is 5.73. The first-order chi connectivity index (χ1) is 12.5. The van der Waals surface area contributed by atoms with Gasteiger partial charge in [-0.05, 0) is 41.5 Å². The van der Waals surface area contributed by atoms with Gasteiger partial charge in [0.1, 0.15) is 11.6 Å². The first-order valence-electron chi connectivity index (χ1n) is 8.60. The van der Waals surface area contributed by atoms with Gasteiger partial charge in [-0.3, -0.25) is 4.79 Å². The number of ether oxygens (including phenoxy) is 1. The summed E-state index contributed by atoms with van der Waals surface area (Å²) >= 11 is 1.66. The molecule has 5 nitrogen and oxygen atoms in total. The standard InChI is InChI=1S/C20H23N3O2S/c1-14(2)17-7-6-15(3)11-18(17)25-13-20(24)22-19-8-9-21-23(19)12-16-5-4-10-26-16/h4-11,14H,12-13H2,1-3H3,(H,22,24). The van der Waals surface area contributed by atoms with Crippen molar-refractivity contribution < 1.29 is 9.53 Å². The van der Waals surface area contributed by atoms with Gasteiger partial charge in [-0.1, -0.05) is 32.0 Å². The second-order valence-corrected chi connectivity index (χ2v) is 7.52. The van der Waals surface area contributed by atoms with Crippen molar-refractivity contribution in [3.63, 3.8) is 0 Å². The minimum atomic E-state index is -0.200. The van der Waals surface area contributed by atoms with Crippen LogP contribution in [0.4, 0.5) is 5.82 Å². The first kappa shape index (κ1) is 18.2. The van der Waals surface area contributed by atoms with Gasteiger partial charge in [0.15, 0.2) is 6.61 Å². The molecule has 0 aliphatic carbocycles. The Morgan fingerprint density at radius 2 is 2.15 bits per heavy atom. The molecule has 0 bridgehead atoms. The van der Waals surface area contributed by atoms with E-state index < -0.39 is 0 Å². The van der Waals surface area contributed by atoms with Crippen LogP contribution in [0.15, 0.2) is 48.0 Å². The summed E-state index contributed by atoms with van der Waals surface area (Å²) in [4.78, 5) is 13.5. The van der Waals surface area contributed by atoms with Crippen molar-refractivity contribution in [3.05, 3.63) is 64.0 Å². The molecule has 2 heterocycles. The molecule has 0 saturated carbocycles. The zero-order valence-corrected chi connectivity index (χ0v) is 16.0. The Balaban J connectivity index is 1.62. The summed E-state index contributed by atoms with van der Waals surface area (Å²) < 4.78 is 7.57. The van der Waals surface area contributed by atoms with E-state index in [0.717, 1.165) is 16.9 Å². The average Bonchev–Trinajstić information content (AvgIpc) is 3.26. The van der Waals surface area contributed by atoms with E-state index in [2.05, 4.69) is 36.4 Å². The fraction of sp³-hybridized carbons (Fsp3) is 0.300. The van der Waals surface area contributed by atoms with E-state index in [1.165, 1.54) is 4.88 Å². The van der Waals surface area contributed by atoms with E-state index in [-0.39, 0.29) is 12.5 Å². The number of aryl methyl sites for hydroxylation is 1. The Labute approximate surface area is 157 Å². The monoisotopic (exact) mass is 369 g/mol. The molecule has 0 aliphatic rings. The van der Waals surface area contributed by atoms with E-state index >= 15 is 0 Å². The average molecular weight is 369 g/mol. The fourth-order valence-electron chi connectivity index (χ4n) is 2.68. The zero-order valence-electron chi connectivity index (χ0n) is 15.2. The second-order valence-electron chi connectivity index (χ2n) is 6.49. The van der Waals surface area contributed by atoms with Crippen molar-refractivity contribution in [2.45, 2.75) is 33.2 Å². The van der Waals surface area contributed by atoms with Gasteiger partial charge in [0.2, 0.25) is 0 Å². The molecule has 1 amide bonds. The third-order valence-corrected chi connectivity index (χ3v) is 4.88. The number of hydrogen-bond donors (Lipinski definition) is 1. The maximum Gasteiger partial charge on any atom is 0.263 e. The zero-order chi connectivity index (χ0) is 18.5. The van der Waals surface area contributed by atoms with Crippen molar-refractivity contribution in [1.29, 1.82) is 0 Å². The summed E-state index contributed by atoms with van der Waals surface area (Å²) in [6.45, 7) is 6.84. The van der Waals surface area contributed by atoms with Gasteiger partial charge in [0, 0.05) is 10.9 Å². The van der Waals surface area contributed by atoms with Crippen LogP contribution in [0.2, 0.25) is 0 Å². The van der Waals surface area contributed by atoms with Crippen molar-refractivity contribution >= 4 is 23.1 Å². The van der Waals surface area contributed by atoms with Gasteiger partial charge in [-0.15, -0.1) is 11.3 Å². The fourth-order valence-corrected chi connectivity index (χ4v) is 3.37. The lowest BCUT2D eigenvalue weighted by atomic mass is 10.0. The molecule has 136 valence electrons. The maximum absolute atomic E-state index is 12.3. The van der Waals surface area contributed by atoms with Crippen LogP contribution >= 0.6 is 11.3 Å². The van der Waals surface area contributed by atoms with Crippen LogP contribution in [0.3, 0.4) is 0 Å². The second kappa shape index (κ2) is 8.19. The van der Waals surface area contributed by atoms with Crippen LogP contribution in [0.1, 0.15) is 35.8 Å². The normalized spacial score (nSPS) is 10.9. The molecular weight excluding hydrogens is 346 g/mol. The third-order valence-electron chi connectivity index (χ3n) is 4.02. The lowest BCUT2D eigenvalue weighted by Crippen LogP contribution is -2.22. The molecule has 2 aromatic heterocycles. The van der Waals surface area contributed by atoms with Crippen molar-refractivity contribution in [2.75, 3.05) is 11.9 Å². The number of nitrogens with one attached hydrogen (secondary N) is 1. The van der Waals surface area contributed by atoms with Gasteiger partial charge in [-0.2, -0.15) is 5.10 Å². The molecule has 0 saturated heterocycles. The molecule has 0 spiro atoms. The number of amides is 1. The molecule has 6 heteroatoms. The lowest BCUT2D eigenvalue weighted by molar-refractivity contribution is -0.118. The summed E-state index contributed by atoms with van der Waals surface area (Å²) in [7, 11) is 0. The molecule has 0 unspecified atom stereocenters. The van der Waals surface area contributed by atoms with Crippen molar-refractivity contribution in [3.8, 4) is 5.75 Å². The maximum atomic E-state index is 12.3. The highest BCUT2D eigenvalue weighted by atomic mass is 32.1. The predicted octanol–water partition coefficient (Wildman–Crippen LogP) is 4.44. The summed E-state index contributed by atoms with van der Waals surface area (Å²) in [6.07, 6.45) is 1.68. The summed E-state index contributed by atoms with van der Waals surface area (Å²) in [6, 6.07) is 11.9. The highest BCUT2D eigenvalue weighted by molar-refractivity contribution is 7.09. The highest BCUT2D eigenvalue weighted by Crippen LogP contribution is 2.27. The number of anilines is 1. The van der Waals surface area contributed by atoms with Gasteiger partial charge in [0.25, 0.3) is 5.91 Å². The molecule has 3 aromatic rings. The van der Waals surface area contributed by atoms with Gasteiger partial charge >= 0.3 is 0 Å². The minimum absolute atomic E-state index is 0.0344. The smallest absolute Gasteiger partial charge is 0.263 e. The van der Waals surface area contributed by atoms with E-state index in [9.17, 15) is 4.79 Å². The van der Waals surface area contributed by atoms with E-state index in [4.69, 9.17) is 4.74 Å². The molecule has 3 rings (SSSR count). The van der Waals surface area contributed by atoms with Crippen LogP contribution < -0.4 is 10.1 Å². The van der Waals surface area contributed by atoms with E-state index in [1.54, 1.807) is 28.3 Å². The van der Waals surface area contributed by atoms with Gasteiger partial charge in [-0.25, -0.2) is 4.68 Å².